The maximum atomic E-state index is 12.3. The normalized spacial score (nSPS) is 18.3. The summed E-state index contributed by atoms with van der Waals surface area (Å²) in [6.07, 6.45) is 1.84. The van der Waals surface area contributed by atoms with Gasteiger partial charge in [0.1, 0.15) is 0 Å². The molecule has 1 aliphatic rings. The molecule has 104 valence electrons. The first-order valence-electron chi connectivity index (χ1n) is 6.82. The van der Waals surface area contributed by atoms with E-state index in [1.165, 1.54) is 0 Å². The molecule has 1 aromatic rings. The lowest BCUT2D eigenvalue weighted by Crippen LogP contribution is -2.42. The molecule has 2 rings (SSSR count). The molecule has 3 nitrogen and oxygen atoms in total. The predicted molar refractivity (Wildman–Crippen MR) is 78.2 cm³/mol. The van der Waals surface area contributed by atoms with Crippen LogP contribution < -0.4 is 0 Å². The van der Waals surface area contributed by atoms with E-state index in [1.807, 2.05) is 42.2 Å². The first-order valence-corrected chi connectivity index (χ1v) is 7.70. The Balaban J connectivity index is 1.86. The van der Waals surface area contributed by atoms with Gasteiger partial charge in [-0.1, -0.05) is 18.2 Å². The first kappa shape index (κ1) is 14.4. The van der Waals surface area contributed by atoms with Crippen molar-refractivity contribution in [1.82, 2.24) is 4.90 Å². The van der Waals surface area contributed by atoms with Crippen molar-refractivity contribution in [3.63, 3.8) is 0 Å². The average Bonchev–Trinajstić information content (AvgIpc) is 2.47. The Morgan fingerprint density at radius 1 is 1.37 bits per heavy atom. The summed E-state index contributed by atoms with van der Waals surface area (Å²) in [6.45, 7) is 3.78. The summed E-state index contributed by atoms with van der Waals surface area (Å²) < 4.78 is 0. The Morgan fingerprint density at radius 2 is 2.00 bits per heavy atom. The standard InChI is InChI=1S/C15H21NO2S/c1-12(19-14-5-3-2-4-6-14)15(18)16-9-7-13(11-17)8-10-16/h2-6,12-13,17H,7-11H2,1H3. The molecular weight excluding hydrogens is 258 g/mol. The van der Waals surface area contributed by atoms with E-state index in [0.717, 1.165) is 30.8 Å². The third kappa shape index (κ3) is 3.98. The Kier molecular flexibility index (Phi) is 5.28. The highest BCUT2D eigenvalue weighted by molar-refractivity contribution is 8.00. The van der Waals surface area contributed by atoms with Crippen molar-refractivity contribution in [2.75, 3.05) is 19.7 Å². The number of aliphatic hydroxyl groups excluding tert-OH is 1. The minimum atomic E-state index is -0.0481. The molecule has 1 aliphatic heterocycles. The lowest BCUT2D eigenvalue weighted by atomic mass is 9.98. The van der Waals surface area contributed by atoms with E-state index in [1.54, 1.807) is 11.8 Å². The van der Waals surface area contributed by atoms with E-state index >= 15 is 0 Å². The van der Waals surface area contributed by atoms with Crippen molar-refractivity contribution >= 4 is 17.7 Å². The second-order valence-electron chi connectivity index (χ2n) is 5.02. The fraction of sp³-hybridized carbons (Fsp3) is 0.533. The number of rotatable bonds is 4. The largest absolute Gasteiger partial charge is 0.396 e. The van der Waals surface area contributed by atoms with Crippen LogP contribution in [0.25, 0.3) is 0 Å². The fourth-order valence-electron chi connectivity index (χ4n) is 2.35. The molecule has 0 radical (unpaired) electrons. The maximum absolute atomic E-state index is 12.3. The molecule has 1 unspecified atom stereocenters. The number of aliphatic hydroxyl groups is 1. The number of nitrogens with zero attached hydrogens (tertiary/aromatic N) is 1. The van der Waals surface area contributed by atoms with E-state index in [-0.39, 0.29) is 17.8 Å². The van der Waals surface area contributed by atoms with E-state index in [4.69, 9.17) is 5.11 Å². The molecule has 1 heterocycles. The van der Waals surface area contributed by atoms with E-state index in [2.05, 4.69) is 0 Å². The Hall–Kier alpha value is -1.00. The third-order valence-corrected chi connectivity index (χ3v) is 4.69. The van der Waals surface area contributed by atoms with E-state index in [0.29, 0.717) is 5.92 Å². The molecule has 1 atom stereocenters. The molecule has 1 saturated heterocycles. The highest BCUT2D eigenvalue weighted by Gasteiger charge is 2.26. The van der Waals surface area contributed by atoms with E-state index < -0.39 is 0 Å². The number of hydrogen-bond donors (Lipinski definition) is 1. The summed E-state index contributed by atoms with van der Waals surface area (Å²) in [5.74, 6) is 0.589. The highest BCUT2D eigenvalue weighted by atomic mass is 32.2. The van der Waals surface area contributed by atoms with Gasteiger partial charge in [-0.2, -0.15) is 0 Å². The molecule has 1 amide bonds. The van der Waals surface area contributed by atoms with Crippen molar-refractivity contribution in [3.05, 3.63) is 30.3 Å². The molecule has 0 aliphatic carbocycles. The topological polar surface area (TPSA) is 40.5 Å². The SMILES string of the molecule is CC(Sc1ccccc1)C(=O)N1CCC(CO)CC1. The highest BCUT2D eigenvalue weighted by Crippen LogP contribution is 2.25. The van der Waals surface area contributed by atoms with E-state index in [9.17, 15) is 4.79 Å². The number of amides is 1. The number of thioether (sulfide) groups is 1. The summed E-state index contributed by atoms with van der Waals surface area (Å²) in [5.41, 5.74) is 0. The first-order chi connectivity index (χ1) is 9.20. The van der Waals surface area contributed by atoms with Gasteiger partial charge in [-0.15, -0.1) is 11.8 Å². The Labute approximate surface area is 119 Å². The number of carbonyl (C=O) groups excluding carboxylic acids is 1. The van der Waals surface area contributed by atoms with Gasteiger partial charge < -0.3 is 10.0 Å². The summed E-state index contributed by atoms with van der Waals surface area (Å²) in [6, 6.07) is 10.0. The molecule has 0 aromatic heterocycles. The van der Waals surface area contributed by atoms with Crippen LogP contribution >= 0.6 is 11.8 Å². The second-order valence-corrected chi connectivity index (χ2v) is 6.44. The van der Waals surface area contributed by atoms with Crippen LogP contribution in [-0.2, 0) is 4.79 Å². The van der Waals surface area contributed by atoms with Crippen LogP contribution in [0.1, 0.15) is 19.8 Å². The van der Waals surface area contributed by atoms with Crippen LogP contribution in [0.15, 0.2) is 35.2 Å². The predicted octanol–water partition coefficient (Wildman–Crippen LogP) is 2.40. The smallest absolute Gasteiger partial charge is 0.235 e. The summed E-state index contributed by atoms with van der Waals surface area (Å²) in [4.78, 5) is 15.4. The Bertz CT molecular complexity index is 402. The summed E-state index contributed by atoms with van der Waals surface area (Å²) in [5, 5.41) is 9.06. The zero-order valence-corrected chi connectivity index (χ0v) is 12.1. The number of carbonyl (C=O) groups is 1. The van der Waals surface area contributed by atoms with Gasteiger partial charge in [0.25, 0.3) is 0 Å². The molecule has 1 N–H and O–H groups in total. The van der Waals surface area contributed by atoms with Gasteiger partial charge in [0, 0.05) is 24.6 Å². The fourth-order valence-corrected chi connectivity index (χ4v) is 3.32. The summed E-state index contributed by atoms with van der Waals surface area (Å²) in [7, 11) is 0. The van der Waals surface area contributed by atoms with Gasteiger partial charge in [0.2, 0.25) is 5.91 Å². The van der Waals surface area contributed by atoms with Gasteiger partial charge in [0.15, 0.2) is 0 Å². The minimum Gasteiger partial charge on any atom is -0.396 e. The van der Waals surface area contributed by atoms with Crippen LogP contribution in [0.2, 0.25) is 0 Å². The third-order valence-electron chi connectivity index (χ3n) is 3.59. The summed E-state index contributed by atoms with van der Waals surface area (Å²) >= 11 is 1.61. The molecular formula is C15H21NO2S. The van der Waals surface area contributed by atoms with Gasteiger partial charge in [-0.25, -0.2) is 0 Å². The van der Waals surface area contributed by atoms with Crippen molar-refractivity contribution in [1.29, 1.82) is 0 Å². The van der Waals surface area contributed by atoms with Crippen LogP contribution in [-0.4, -0.2) is 40.9 Å². The maximum Gasteiger partial charge on any atom is 0.235 e. The van der Waals surface area contributed by atoms with Crippen LogP contribution in [0.5, 0.6) is 0 Å². The molecule has 1 fully saturated rings. The number of likely N-dealkylation sites (tertiary alicyclic amines) is 1. The van der Waals surface area contributed by atoms with Crippen molar-refractivity contribution < 1.29 is 9.90 Å². The number of hydrogen-bond acceptors (Lipinski definition) is 3. The van der Waals surface area contributed by atoms with Crippen molar-refractivity contribution in [2.45, 2.75) is 29.9 Å². The van der Waals surface area contributed by atoms with Crippen LogP contribution in [0.3, 0.4) is 0 Å². The van der Waals surface area contributed by atoms with Gasteiger partial charge in [0.05, 0.1) is 5.25 Å². The molecule has 1 aromatic carbocycles. The second kappa shape index (κ2) is 6.96. The van der Waals surface area contributed by atoms with Gasteiger partial charge >= 0.3 is 0 Å². The minimum absolute atomic E-state index is 0.0481. The Morgan fingerprint density at radius 3 is 2.58 bits per heavy atom. The monoisotopic (exact) mass is 279 g/mol. The van der Waals surface area contributed by atoms with Crippen LogP contribution in [0.4, 0.5) is 0 Å². The number of benzene rings is 1. The van der Waals surface area contributed by atoms with Crippen molar-refractivity contribution in [2.24, 2.45) is 5.92 Å². The zero-order valence-electron chi connectivity index (χ0n) is 11.3. The average molecular weight is 279 g/mol. The van der Waals surface area contributed by atoms with Gasteiger partial charge in [-0.05, 0) is 37.8 Å². The molecule has 0 spiro atoms. The van der Waals surface area contributed by atoms with Gasteiger partial charge in [-0.3, -0.25) is 4.79 Å². The van der Waals surface area contributed by atoms with Crippen molar-refractivity contribution in [3.8, 4) is 0 Å². The molecule has 0 saturated carbocycles. The molecule has 19 heavy (non-hydrogen) atoms. The number of piperidine rings is 1. The molecule has 0 bridgehead atoms. The molecule has 4 heteroatoms. The lowest BCUT2D eigenvalue weighted by molar-refractivity contribution is -0.131. The van der Waals surface area contributed by atoms with Crippen LogP contribution in [0, 0.1) is 5.92 Å². The lowest BCUT2D eigenvalue weighted by Gasteiger charge is -2.32. The quantitative estimate of drug-likeness (QED) is 0.860. The zero-order chi connectivity index (χ0) is 13.7.